The lowest BCUT2D eigenvalue weighted by Gasteiger charge is -2.35. The van der Waals surface area contributed by atoms with Crippen LogP contribution in [0.15, 0.2) is 18.2 Å². The van der Waals surface area contributed by atoms with E-state index >= 15 is 0 Å². The van der Waals surface area contributed by atoms with Crippen LogP contribution in [-0.4, -0.2) is 26.5 Å². The Bertz CT molecular complexity index is 433. The van der Waals surface area contributed by atoms with E-state index < -0.39 is 8.32 Å². The highest BCUT2D eigenvalue weighted by Crippen LogP contribution is 2.39. The van der Waals surface area contributed by atoms with Crippen LogP contribution in [0.1, 0.15) is 29.8 Å². The molecule has 1 rings (SSSR count). The van der Waals surface area contributed by atoms with Crippen molar-refractivity contribution in [2.24, 2.45) is 0 Å². The van der Waals surface area contributed by atoms with E-state index in [4.69, 9.17) is 4.74 Å². The van der Waals surface area contributed by atoms with Crippen molar-refractivity contribution in [3.63, 3.8) is 0 Å². The second kappa shape index (κ2) is 5.24. The van der Waals surface area contributed by atoms with Gasteiger partial charge in [0.2, 0.25) is 0 Å². The Kier molecular flexibility index (Phi) is 4.35. The molecule has 1 aromatic rings. The summed E-state index contributed by atoms with van der Waals surface area (Å²) in [5, 5.41) is -0.124. The molecule has 0 atom stereocenters. The molecule has 0 saturated carbocycles. The molecule has 0 radical (unpaired) electrons. The molecule has 0 aromatic heterocycles. The predicted molar refractivity (Wildman–Crippen MR) is 75.8 cm³/mol. The van der Waals surface area contributed by atoms with Crippen molar-refractivity contribution in [2.75, 3.05) is 7.11 Å². The third kappa shape index (κ3) is 3.20. The minimum absolute atomic E-state index is 0.124. The minimum Gasteiger partial charge on any atom is -0.496 e. The van der Waals surface area contributed by atoms with Crippen molar-refractivity contribution in [2.45, 2.75) is 38.4 Å². The van der Waals surface area contributed by atoms with Crippen LogP contribution in [0, 0.1) is 0 Å². The van der Waals surface area contributed by atoms with Crippen LogP contribution in [0.4, 0.5) is 0 Å². The van der Waals surface area contributed by atoms with Crippen molar-refractivity contribution < 1.29 is 14.3 Å². The molecule has 0 heterocycles. The van der Waals surface area contributed by atoms with Gasteiger partial charge < -0.3 is 9.53 Å². The quantitative estimate of drug-likeness (QED) is 0.658. The lowest BCUT2D eigenvalue weighted by molar-refractivity contribution is 0.112. The van der Waals surface area contributed by atoms with Crippen molar-refractivity contribution in [1.29, 1.82) is 0 Å². The number of ether oxygens (including phenoxy) is 1. The molecule has 0 amide bonds. The molecule has 0 bridgehead atoms. The highest BCUT2D eigenvalue weighted by Gasteiger charge is 2.37. The maximum absolute atomic E-state index is 10.8. The third-order valence-corrected chi connectivity index (χ3v) is 7.22. The Labute approximate surface area is 110 Å². The summed E-state index contributed by atoms with van der Waals surface area (Å²) in [6.45, 7) is 8.06. The first-order chi connectivity index (χ1) is 8.21. The first-order valence-electron chi connectivity index (χ1n) is 6.06. The molecule has 0 saturated heterocycles. The van der Waals surface area contributed by atoms with Gasteiger partial charge in [0.1, 0.15) is 5.75 Å². The highest BCUT2D eigenvalue weighted by molar-refractivity contribution is 6.72. The van der Waals surface area contributed by atoms with Gasteiger partial charge in [-0.1, -0.05) is 19.9 Å². The first kappa shape index (κ1) is 14.9. The number of rotatable bonds is 5. The SMILES string of the molecule is COc1cc(CC(C)(C)[Si](C)(C)O)ccc1C=O. The zero-order valence-electron chi connectivity index (χ0n) is 11.8. The van der Waals surface area contributed by atoms with Crippen molar-refractivity contribution in [3.05, 3.63) is 29.3 Å². The summed E-state index contributed by atoms with van der Waals surface area (Å²) < 4.78 is 5.19. The summed E-state index contributed by atoms with van der Waals surface area (Å²) in [7, 11) is -0.670. The summed E-state index contributed by atoms with van der Waals surface area (Å²) in [5.41, 5.74) is 1.64. The van der Waals surface area contributed by atoms with E-state index in [-0.39, 0.29) is 5.04 Å². The van der Waals surface area contributed by atoms with E-state index in [0.29, 0.717) is 11.3 Å². The normalized spacial score (nSPS) is 12.3. The number of methoxy groups -OCH3 is 1. The summed E-state index contributed by atoms with van der Waals surface area (Å²) >= 11 is 0. The number of hydrogen-bond donors (Lipinski definition) is 1. The number of aldehydes is 1. The van der Waals surface area contributed by atoms with Gasteiger partial charge in [-0.2, -0.15) is 0 Å². The van der Waals surface area contributed by atoms with Crippen LogP contribution in [0.25, 0.3) is 0 Å². The molecule has 18 heavy (non-hydrogen) atoms. The van der Waals surface area contributed by atoms with Crippen LogP contribution in [0.2, 0.25) is 18.1 Å². The lowest BCUT2D eigenvalue weighted by atomic mass is 10.0. The fraction of sp³-hybridized carbons (Fsp3) is 0.500. The molecular weight excluding hydrogens is 244 g/mol. The standard InChI is InChI=1S/C14H22O3Si/c1-14(2,18(4,5)16)9-11-6-7-12(10-15)13(8-11)17-3/h6-8,10,16H,9H2,1-5H3. The summed E-state index contributed by atoms with van der Waals surface area (Å²) in [5.74, 6) is 0.593. The van der Waals surface area contributed by atoms with Crippen LogP contribution in [0.5, 0.6) is 5.75 Å². The van der Waals surface area contributed by atoms with Gasteiger partial charge in [-0.25, -0.2) is 0 Å². The molecular formula is C14H22O3Si. The molecule has 0 aliphatic carbocycles. The van der Waals surface area contributed by atoms with Gasteiger partial charge in [-0.05, 0) is 42.2 Å². The smallest absolute Gasteiger partial charge is 0.188 e. The molecule has 0 spiro atoms. The van der Waals surface area contributed by atoms with Gasteiger partial charge in [0.25, 0.3) is 0 Å². The lowest BCUT2D eigenvalue weighted by Crippen LogP contribution is -2.40. The topological polar surface area (TPSA) is 46.5 Å². The fourth-order valence-corrected chi connectivity index (χ4v) is 2.33. The summed E-state index contributed by atoms with van der Waals surface area (Å²) in [6, 6.07) is 5.57. The van der Waals surface area contributed by atoms with Gasteiger partial charge in [0.15, 0.2) is 14.6 Å². The van der Waals surface area contributed by atoms with Crippen LogP contribution in [0.3, 0.4) is 0 Å². The van der Waals surface area contributed by atoms with Gasteiger partial charge in [-0.15, -0.1) is 0 Å². The molecule has 0 aliphatic heterocycles. The van der Waals surface area contributed by atoms with Crippen molar-refractivity contribution >= 4 is 14.6 Å². The van der Waals surface area contributed by atoms with E-state index in [1.807, 2.05) is 25.2 Å². The molecule has 1 N–H and O–H groups in total. The molecule has 0 aliphatic rings. The minimum atomic E-state index is -2.23. The van der Waals surface area contributed by atoms with E-state index in [1.165, 1.54) is 0 Å². The maximum Gasteiger partial charge on any atom is 0.188 e. The maximum atomic E-state index is 10.8. The highest BCUT2D eigenvalue weighted by atomic mass is 28.4. The van der Waals surface area contributed by atoms with Gasteiger partial charge >= 0.3 is 0 Å². The third-order valence-electron chi connectivity index (χ3n) is 3.73. The van der Waals surface area contributed by atoms with Gasteiger partial charge in [0.05, 0.1) is 12.7 Å². The van der Waals surface area contributed by atoms with E-state index in [0.717, 1.165) is 18.3 Å². The molecule has 3 nitrogen and oxygen atoms in total. The predicted octanol–water partition coefficient (Wildman–Crippen LogP) is 3.03. The molecule has 0 fully saturated rings. The van der Waals surface area contributed by atoms with Crippen LogP contribution in [-0.2, 0) is 6.42 Å². The largest absolute Gasteiger partial charge is 0.496 e. The molecule has 4 heteroatoms. The number of carbonyl (C=O) groups excluding carboxylic acids is 1. The average molecular weight is 266 g/mol. The summed E-state index contributed by atoms with van der Waals surface area (Å²) in [6.07, 6.45) is 1.57. The molecule has 0 unspecified atom stereocenters. The second-order valence-electron chi connectivity index (χ2n) is 5.81. The number of benzene rings is 1. The Hall–Kier alpha value is -1.13. The average Bonchev–Trinajstić information content (AvgIpc) is 2.26. The molecule has 1 aromatic carbocycles. The Balaban J connectivity index is 3.03. The zero-order valence-corrected chi connectivity index (χ0v) is 12.8. The Morgan fingerprint density at radius 1 is 1.39 bits per heavy atom. The van der Waals surface area contributed by atoms with Gasteiger partial charge in [-0.3, -0.25) is 4.79 Å². The molecule has 100 valence electrons. The van der Waals surface area contributed by atoms with Crippen molar-refractivity contribution in [3.8, 4) is 5.75 Å². The number of hydrogen-bond acceptors (Lipinski definition) is 3. The Morgan fingerprint density at radius 2 is 2.00 bits per heavy atom. The van der Waals surface area contributed by atoms with Crippen LogP contribution >= 0.6 is 0 Å². The van der Waals surface area contributed by atoms with E-state index in [1.54, 1.807) is 13.2 Å². The zero-order chi connectivity index (χ0) is 14.0. The van der Waals surface area contributed by atoms with E-state index in [9.17, 15) is 9.59 Å². The fourth-order valence-electron chi connectivity index (χ4n) is 1.69. The van der Waals surface area contributed by atoms with Gasteiger partial charge in [0, 0.05) is 0 Å². The second-order valence-corrected chi connectivity index (χ2v) is 10.3. The monoisotopic (exact) mass is 266 g/mol. The Morgan fingerprint density at radius 3 is 2.44 bits per heavy atom. The summed E-state index contributed by atoms with van der Waals surface area (Å²) in [4.78, 5) is 21.1. The van der Waals surface area contributed by atoms with Crippen LogP contribution < -0.4 is 4.74 Å². The first-order valence-corrected chi connectivity index (χ1v) is 9.00. The van der Waals surface area contributed by atoms with E-state index in [2.05, 4.69) is 13.8 Å². The number of carbonyl (C=O) groups is 1. The van der Waals surface area contributed by atoms with Crippen molar-refractivity contribution in [1.82, 2.24) is 0 Å².